The molecule has 2 N–H and O–H groups in total. The predicted octanol–water partition coefficient (Wildman–Crippen LogP) is 1.73. The highest BCUT2D eigenvalue weighted by Crippen LogP contribution is 2.27. The standard InChI is InChI=1S/C10H16BrN3/c1-2-9-13-10(11)8-4-3-7(5-12)6-14(8)9/h7H,2-6,12H2,1H3. The first kappa shape index (κ1) is 10.2. The van der Waals surface area contributed by atoms with Crippen molar-refractivity contribution in [3.63, 3.8) is 0 Å². The van der Waals surface area contributed by atoms with E-state index in [0.29, 0.717) is 5.92 Å². The quantitative estimate of drug-likeness (QED) is 0.877. The lowest BCUT2D eigenvalue weighted by Gasteiger charge is -2.24. The summed E-state index contributed by atoms with van der Waals surface area (Å²) in [7, 11) is 0. The van der Waals surface area contributed by atoms with Gasteiger partial charge in [-0.1, -0.05) is 6.92 Å². The lowest BCUT2D eigenvalue weighted by molar-refractivity contribution is 0.371. The maximum absolute atomic E-state index is 5.71. The van der Waals surface area contributed by atoms with E-state index in [0.717, 1.165) is 30.5 Å². The Hall–Kier alpha value is -0.350. The number of nitrogens with zero attached hydrogens (tertiary/aromatic N) is 2. The van der Waals surface area contributed by atoms with Crippen LogP contribution in [0.5, 0.6) is 0 Å². The Labute approximate surface area is 92.8 Å². The van der Waals surface area contributed by atoms with Gasteiger partial charge in [0.2, 0.25) is 0 Å². The van der Waals surface area contributed by atoms with Crippen LogP contribution in [0.1, 0.15) is 24.9 Å². The lowest BCUT2D eigenvalue weighted by Crippen LogP contribution is -2.27. The molecule has 1 atom stereocenters. The van der Waals surface area contributed by atoms with Crippen molar-refractivity contribution in [2.75, 3.05) is 6.54 Å². The van der Waals surface area contributed by atoms with Crippen LogP contribution in [0.25, 0.3) is 0 Å². The van der Waals surface area contributed by atoms with Gasteiger partial charge in [-0.15, -0.1) is 0 Å². The molecular weight excluding hydrogens is 242 g/mol. The van der Waals surface area contributed by atoms with Crippen molar-refractivity contribution in [1.29, 1.82) is 0 Å². The van der Waals surface area contributed by atoms with Crippen molar-refractivity contribution < 1.29 is 0 Å². The molecule has 1 aliphatic rings. The van der Waals surface area contributed by atoms with Crippen LogP contribution in [-0.2, 0) is 19.4 Å². The Morgan fingerprint density at radius 1 is 1.64 bits per heavy atom. The van der Waals surface area contributed by atoms with Gasteiger partial charge in [0.05, 0.1) is 5.69 Å². The zero-order valence-corrected chi connectivity index (χ0v) is 10.0. The molecule has 0 aromatic carbocycles. The molecule has 0 aliphatic carbocycles. The Morgan fingerprint density at radius 3 is 3.07 bits per heavy atom. The first-order valence-corrected chi connectivity index (χ1v) is 5.99. The van der Waals surface area contributed by atoms with Gasteiger partial charge in [0.25, 0.3) is 0 Å². The normalized spacial score (nSPS) is 20.9. The topological polar surface area (TPSA) is 43.8 Å². The molecule has 0 fully saturated rings. The van der Waals surface area contributed by atoms with E-state index in [1.165, 1.54) is 17.9 Å². The number of fused-ring (bicyclic) bond motifs is 1. The smallest absolute Gasteiger partial charge is 0.127 e. The highest BCUT2D eigenvalue weighted by molar-refractivity contribution is 9.10. The fourth-order valence-electron chi connectivity index (χ4n) is 2.11. The van der Waals surface area contributed by atoms with Gasteiger partial charge in [0.1, 0.15) is 10.4 Å². The largest absolute Gasteiger partial charge is 0.331 e. The van der Waals surface area contributed by atoms with Gasteiger partial charge in [-0.25, -0.2) is 4.98 Å². The summed E-state index contributed by atoms with van der Waals surface area (Å²) in [5.41, 5.74) is 7.07. The van der Waals surface area contributed by atoms with Crippen molar-refractivity contribution >= 4 is 15.9 Å². The summed E-state index contributed by atoms with van der Waals surface area (Å²) in [6.07, 6.45) is 3.30. The molecule has 3 nitrogen and oxygen atoms in total. The minimum Gasteiger partial charge on any atom is -0.331 e. The zero-order valence-electron chi connectivity index (χ0n) is 8.46. The third-order valence-corrected chi connectivity index (χ3v) is 3.62. The first-order valence-electron chi connectivity index (χ1n) is 5.20. The Morgan fingerprint density at radius 2 is 2.43 bits per heavy atom. The molecule has 2 rings (SSSR count). The van der Waals surface area contributed by atoms with Gasteiger partial charge < -0.3 is 10.3 Å². The summed E-state index contributed by atoms with van der Waals surface area (Å²) in [6, 6.07) is 0. The second-order valence-electron chi connectivity index (χ2n) is 3.87. The number of aromatic nitrogens is 2. The van der Waals surface area contributed by atoms with Crippen LogP contribution in [0.4, 0.5) is 0 Å². The SMILES string of the molecule is CCc1nc(Br)c2n1CC(CN)CC2. The summed E-state index contributed by atoms with van der Waals surface area (Å²) in [5.74, 6) is 1.82. The fourth-order valence-corrected chi connectivity index (χ4v) is 2.73. The van der Waals surface area contributed by atoms with Crippen molar-refractivity contribution in [2.24, 2.45) is 11.7 Å². The maximum Gasteiger partial charge on any atom is 0.127 e. The second kappa shape index (κ2) is 4.03. The zero-order chi connectivity index (χ0) is 10.1. The minimum atomic E-state index is 0.633. The molecular formula is C10H16BrN3. The molecule has 4 heteroatoms. The average molecular weight is 258 g/mol. The van der Waals surface area contributed by atoms with Crippen molar-refractivity contribution in [1.82, 2.24) is 9.55 Å². The van der Waals surface area contributed by atoms with E-state index in [2.05, 4.69) is 32.4 Å². The van der Waals surface area contributed by atoms with Gasteiger partial charge in [0.15, 0.2) is 0 Å². The van der Waals surface area contributed by atoms with Crippen molar-refractivity contribution in [3.05, 3.63) is 16.1 Å². The van der Waals surface area contributed by atoms with E-state index in [1.807, 2.05) is 0 Å². The number of nitrogens with two attached hydrogens (primary N) is 1. The number of hydrogen-bond acceptors (Lipinski definition) is 2. The number of aryl methyl sites for hydroxylation is 1. The summed E-state index contributed by atoms with van der Waals surface area (Å²) >= 11 is 3.52. The van der Waals surface area contributed by atoms with E-state index < -0.39 is 0 Å². The molecule has 0 spiro atoms. The van der Waals surface area contributed by atoms with Crippen LogP contribution < -0.4 is 5.73 Å². The molecule has 1 aromatic heterocycles. The summed E-state index contributed by atoms with van der Waals surface area (Å²) < 4.78 is 3.37. The summed E-state index contributed by atoms with van der Waals surface area (Å²) in [6.45, 7) is 3.99. The molecule has 0 saturated heterocycles. The van der Waals surface area contributed by atoms with Gasteiger partial charge >= 0.3 is 0 Å². The van der Waals surface area contributed by atoms with E-state index in [9.17, 15) is 0 Å². The minimum absolute atomic E-state index is 0.633. The molecule has 0 saturated carbocycles. The predicted molar refractivity (Wildman–Crippen MR) is 60.2 cm³/mol. The molecule has 0 radical (unpaired) electrons. The number of hydrogen-bond donors (Lipinski definition) is 1. The van der Waals surface area contributed by atoms with Crippen molar-refractivity contribution in [3.8, 4) is 0 Å². The van der Waals surface area contributed by atoms with Gasteiger partial charge in [-0.2, -0.15) is 0 Å². The average Bonchev–Trinajstić information content (AvgIpc) is 2.55. The third-order valence-electron chi connectivity index (χ3n) is 2.98. The molecule has 1 aromatic rings. The van der Waals surface area contributed by atoms with E-state index in [-0.39, 0.29) is 0 Å². The monoisotopic (exact) mass is 257 g/mol. The first-order chi connectivity index (χ1) is 6.76. The van der Waals surface area contributed by atoms with Crippen LogP contribution >= 0.6 is 15.9 Å². The van der Waals surface area contributed by atoms with Crippen LogP contribution in [0, 0.1) is 5.92 Å². The molecule has 1 unspecified atom stereocenters. The molecule has 1 aliphatic heterocycles. The Balaban J connectivity index is 2.34. The third kappa shape index (κ3) is 1.61. The number of halogens is 1. The molecule has 2 heterocycles. The number of rotatable bonds is 2. The lowest BCUT2D eigenvalue weighted by atomic mass is 9.98. The molecule has 0 amide bonds. The van der Waals surface area contributed by atoms with Gasteiger partial charge in [-0.05, 0) is 41.2 Å². The van der Waals surface area contributed by atoms with E-state index in [4.69, 9.17) is 5.73 Å². The highest BCUT2D eigenvalue weighted by atomic mass is 79.9. The summed E-state index contributed by atoms with van der Waals surface area (Å²) in [5, 5.41) is 0. The van der Waals surface area contributed by atoms with Gasteiger partial charge in [-0.3, -0.25) is 0 Å². The number of imidazole rings is 1. The molecule has 14 heavy (non-hydrogen) atoms. The Bertz CT molecular complexity index is 332. The maximum atomic E-state index is 5.71. The van der Waals surface area contributed by atoms with Crippen LogP contribution in [0.15, 0.2) is 4.60 Å². The van der Waals surface area contributed by atoms with Crippen LogP contribution in [0.2, 0.25) is 0 Å². The molecule has 78 valence electrons. The van der Waals surface area contributed by atoms with E-state index in [1.54, 1.807) is 0 Å². The van der Waals surface area contributed by atoms with E-state index >= 15 is 0 Å². The summed E-state index contributed by atoms with van der Waals surface area (Å²) in [4.78, 5) is 4.52. The molecule has 0 bridgehead atoms. The van der Waals surface area contributed by atoms with Crippen LogP contribution in [-0.4, -0.2) is 16.1 Å². The Kier molecular flexibility index (Phi) is 2.93. The second-order valence-corrected chi connectivity index (χ2v) is 4.62. The van der Waals surface area contributed by atoms with Crippen LogP contribution in [0.3, 0.4) is 0 Å². The van der Waals surface area contributed by atoms with Gasteiger partial charge in [0, 0.05) is 13.0 Å². The fraction of sp³-hybridized carbons (Fsp3) is 0.700. The highest BCUT2D eigenvalue weighted by Gasteiger charge is 2.22. The van der Waals surface area contributed by atoms with Crippen molar-refractivity contribution in [2.45, 2.75) is 32.7 Å².